The predicted octanol–water partition coefficient (Wildman–Crippen LogP) is 4.38. The van der Waals surface area contributed by atoms with Crippen molar-refractivity contribution in [1.82, 2.24) is 10.3 Å². The number of hydrogen-bond acceptors (Lipinski definition) is 3. The first-order chi connectivity index (χ1) is 8.40. The van der Waals surface area contributed by atoms with Gasteiger partial charge in [0.15, 0.2) is 0 Å². The summed E-state index contributed by atoms with van der Waals surface area (Å²) in [6.07, 6.45) is 5.42. The number of nitrogens with one attached hydrogen (secondary N) is 1. The first-order valence-corrected chi connectivity index (χ1v) is 7.92. The van der Waals surface area contributed by atoms with E-state index in [1.165, 1.54) is 41.3 Å². The first-order valence-electron chi connectivity index (χ1n) is 7.10. The Morgan fingerprint density at radius 1 is 1.33 bits per heavy atom. The van der Waals surface area contributed by atoms with E-state index in [2.05, 4.69) is 44.9 Å². The Morgan fingerprint density at radius 3 is 2.61 bits per heavy atom. The summed E-state index contributed by atoms with van der Waals surface area (Å²) in [6.45, 7) is 11.3. The number of aromatic nitrogens is 1. The molecule has 1 aromatic heterocycles. The molecular weight excluding hydrogens is 240 g/mol. The minimum Gasteiger partial charge on any atom is -0.306 e. The summed E-state index contributed by atoms with van der Waals surface area (Å²) < 4.78 is 0. The van der Waals surface area contributed by atoms with E-state index in [1.54, 1.807) is 0 Å². The lowest BCUT2D eigenvalue weighted by Gasteiger charge is -2.40. The molecule has 1 aliphatic carbocycles. The molecule has 0 aliphatic heterocycles. The largest absolute Gasteiger partial charge is 0.306 e. The van der Waals surface area contributed by atoms with Crippen LogP contribution in [0.1, 0.15) is 68.1 Å². The van der Waals surface area contributed by atoms with Crippen LogP contribution in [0, 0.1) is 19.3 Å². The van der Waals surface area contributed by atoms with Crippen molar-refractivity contribution in [3.8, 4) is 0 Å². The van der Waals surface area contributed by atoms with E-state index in [-0.39, 0.29) is 0 Å². The number of thiazole rings is 1. The maximum Gasteiger partial charge on any atom is 0.0900 e. The van der Waals surface area contributed by atoms with Crippen molar-refractivity contribution in [3.05, 3.63) is 15.6 Å². The predicted molar refractivity (Wildman–Crippen MR) is 79.2 cm³/mol. The van der Waals surface area contributed by atoms with Crippen LogP contribution in [0.3, 0.4) is 0 Å². The van der Waals surface area contributed by atoms with E-state index in [1.807, 2.05) is 11.3 Å². The summed E-state index contributed by atoms with van der Waals surface area (Å²) >= 11 is 1.84. The molecule has 0 spiro atoms. The lowest BCUT2D eigenvalue weighted by atomic mass is 9.73. The Labute approximate surface area is 115 Å². The molecular formula is C15H26N2S. The van der Waals surface area contributed by atoms with Crippen molar-refractivity contribution in [1.29, 1.82) is 0 Å². The molecule has 1 heterocycles. The fourth-order valence-corrected chi connectivity index (χ4v) is 4.07. The zero-order valence-corrected chi connectivity index (χ0v) is 13.2. The lowest BCUT2D eigenvalue weighted by molar-refractivity contribution is 0.158. The fourth-order valence-electron chi connectivity index (χ4n) is 3.13. The Balaban J connectivity index is 2.06. The summed E-state index contributed by atoms with van der Waals surface area (Å²) in [5, 5.41) is 5.03. The third-order valence-electron chi connectivity index (χ3n) is 4.29. The molecule has 1 fully saturated rings. The molecule has 2 rings (SSSR count). The standard InChI is InChI=1S/C15H26N2S/c1-10-14(18-12(3)16-10)11(2)17-13-8-6-7-9-15(13,4)5/h11,13,17H,6-9H2,1-5H3. The number of nitrogens with zero attached hydrogens (tertiary/aromatic N) is 1. The average Bonchev–Trinajstić information content (AvgIpc) is 2.61. The van der Waals surface area contributed by atoms with Crippen LogP contribution in [0.2, 0.25) is 0 Å². The molecule has 0 bridgehead atoms. The van der Waals surface area contributed by atoms with E-state index in [4.69, 9.17) is 0 Å². The van der Waals surface area contributed by atoms with Gasteiger partial charge in [0.05, 0.1) is 10.7 Å². The normalized spacial score (nSPS) is 25.1. The molecule has 3 heteroatoms. The molecule has 0 aromatic carbocycles. The van der Waals surface area contributed by atoms with Gasteiger partial charge in [-0.15, -0.1) is 11.3 Å². The molecule has 102 valence electrons. The van der Waals surface area contributed by atoms with Crippen LogP contribution >= 0.6 is 11.3 Å². The van der Waals surface area contributed by atoms with Gasteiger partial charge < -0.3 is 5.32 Å². The maximum atomic E-state index is 4.54. The summed E-state index contributed by atoms with van der Waals surface area (Å²) in [5.41, 5.74) is 1.63. The highest BCUT2D eigenvalue weighted by atomic mass is 32.1. The third-order valence-corrected chi connectivity index (χ3v) is 5.55. The highest BCUT2D eigenvalue weighted by molar-refractivity contribution is 7.11. The lowest BCUT2D eigenvalue weighted by Crippen LogP contribution is -2.45. The van der Waals surface area contributed by atoms with Crippen LogP contribution in [0.15, 0.2) is 0 Å². The van der Waals surface area contributed by atoms with Gasteiger partial charge in [0.1, 0.15) is 0 Å². The maximum absolute atomic E-state index is 4.54. The minimum atomic E-state index is 0.429. The highest BCUT2D eigenvalue weighted by Crippen LogP contribution is 2.37. The SMILES string of the molecule is Cc1nc(C)c(C(C)NC2CCCCC2(C)C)s1. The van der Waals surface area contributed by atoms with Crippen molar-refractivity contribution in [2.45, 2.75) is 72.4 Å². The molecule has 2 nitrogen and oxygen atoms in total. The second-order valence-corrected chi connectivity index (χ2v) is 7.59. The van der Waals surface area contributed by atoms with Crippen molar-refractivity contribution < 1.29 is 0 Å². The monoisotopic (exact) mass is 266 g/mol. The van der Waals surface area contributed by atoms with Gasteiger partial charge in [0.25, 0.3) is 0 Å². The van der Waals surface area contributed by atoms with Crippen LogP contribution < -0.4 is 5.32 Å². The first kappa shape index (κ1) is 14.0. The van der Waals surface area contributed by atoms with E-state index in [0.717, 1.165) is 0 Å². The quantitative estimate of drug-likeness (QED) is 0.878. The summed E-state index contributed by atoms with van der Waals surface area (Å²) in [6, 6.07) is 1.07. The topological polar surface area (TPSA) is 24.9 Å². The Kier molecular flexibility index (Phi) is 4.12. The van der Waals surface area contributed by atoms with E-state index in [9.17, 15) is 0 Å². The van der Waals surface area contributed by atoms with Gasteiger partial charge in [0, 0.05) is 17.0 Å². The van der Waals surface area contributed by atoms with Gasteiger partial charge in [-0.25, -0.2) is 4.98 Å². The smallest absolute Gasteiger partial charge is 0.0900 e. The van der Waals surface area contributed by atoms with Gasteiger partial charge >= 0.3 is 0 Å². The average molecular weight is 266 g/mol. The zero-order valence-electron chi connectivity index (χ0n) is 12.3. The fraction of sp³-hybridized carbons (Fsp3) is 0.800. The Bertz CT molecular complexity index is 409. The molecule has 2 atom stereocenters. The Hall–Kier alpha value is -0.410. The minimum absolute atomic E-state index is 0.429. The van der Waals surface area contributed by atoms with Crippen LogP contribution in [0.5, 0.6) is 0 Å². The van der Waals surface area contributed by atoms with E-state index >= 15 is 0 Å². The number of hydrogen-bond donors (Lipinski definition) is 1. The zero-order chi connectivity index (χ0) is 13.3. The second-order valence-electron chi connectivity index (χ2n) is 6.36. The summed E-state index contributed by atoms with van der Waals surface area (Å²) in [5.74, 6) is 0. The second kappa shape index (κ2) is 5.30. The molecule has 0 radical (unpaired) electrons. The third kappa shape index (κ3) is 2.94. The number of aryl methyl sites for hydroxylation is 2. The van der Waals surface area contributed by atoms with Crippen LogP contribution in [-0.4, -0.2) is 11.0 Å². The van der Waals surface area contributed by atoms with E-state index in [0.29, 0.717) is 17.5 Å². The van der Waals surface area contributed by atoms with Gasteiger partial charge in [-0.05, 0) is 39.0 Å². The van der Waals surface area contributed by atoms with Crippen molar-refractivity contribution in [2.24, 2.45) is 5.41 Å². The molecule has 1 saturated carbocycles. The van der Waals surface area contributed by atoms with Crippen molar-refractivity contribution in [2.75, 3.05) is 0 Å². The molecule has 0 amide bonds. The highest BCUT2D eigenvalue weighted by Gasteiger charge is 2.33. The molecule has 1 aliphatic rings. The van der Waals surface area contributed by atoms with Crippen LogP contribution in [0.4, 0.5) is 0 Å². The van der Waals surface area contributed by atoms with E-state index < -0.39 is 0 Å². The molecule has 18 heavy (non-hydrogen) atoms. The van der Waals surface area contributed by atoms with Gasteiger partial charge in [-0.2, -0.15) is 0 Å². The molecule has 0 saturated heterocycles. The molecule has 2 unspecified atom stereocenters. The summed E-state index contributed by atoms with van der Waals surface area (Å²) in [7, 11) is 0. The van der Waals surface area contributed by atoms with Crippen molar-refractivity contribution in [3.63, 3.8) is 0 Å². The van der Waals surface area contributed by atoms with Crippen LogP contribution in [-0.2, 0) is 0 Å². The number of rotatable bonds is 3. The molecule has 1 aromatic rings. The van der Waals surface area contributed by atoms with Crippen LogP contribution in [0.25, 0.3) is 0 Å². The summed E-state index contributed by atoms with van der Waals surface area (Å²) in [4.78, 5) is 5.95. The van der Waals surface area contributed by atoms with Crippen molar-refractivity contribution >= 4 is 11.3 Å². The van der Waals surface area contributed by atoms with Gasteiger partial charge in [-0.1, -0.05) is 26.7 Å². The van der Waals surface area contributed by atoms with Gasteiger partial charge in [-0.3, -0.25) is 0 Å². The molecule has 1 N–H and O–H groups in total. The Morgan fingerprint density at radius 2 is 2.06 bits per heavy atom. The van der Waals surface area contributed by atoms with Gasteiger partial charge in [0.2, 0.25) is 0 Å².